The Labute approximate surface area is 248 Å². The molecule has 0 radical (unpaired) electrons. The summed E-state index contributed by atoms with van der Waals surface area (Å²) in [5.74, 6) is -0.113. The second-order valence-corrected chi connectivity index (χ2v) is 11.4. The number of amides is 1. The minimum Gasteiger partial charge on any atom is -0.395 e. The summed E-state index contributed by atoms with van der Waals surface area (Å²) in [6.07, 6.45) is 6.32. The third-order valence-corrected chi connectivity index (χ3v) is 7.33. The number of hydrogen-bond acceptors (Lipinski definition) is 8. The van der Waals surface area contributed by atoms with Gasteiger partial charge in [0.15, 0.2) is 0 Å². The van der Waals surface area contributed by atoms with Crippen molar-refractivity contribution in [2.75, 3.05) is 33.5 Å². The van der Waals surface area contributed by atoms with Gasteiger partial charge in [0.25, 0.3) is 0 Å². The molecule has 1 saturated heterocycles. The number of carbonyl (C=O) groups excluding carboxylic acids is 1. The molecule has 0 bridgehead atoms. The van der Waals surface area contributed by atoms with Crippen molar-refractivity contribution >= 4 is 24.6 Å². The van der Waals surface area contributed by atoms with Crippen LogP contribution in [0.15, 0.2) is 69.1 Å². The van der Waals surface area contributed by atoms with Crippen LogP contribution in [0.5, 0.6) is 0 Å². The first kappa shape index (κ1) is 32.8. The smallest absolute Gasteiger partial charge is 0.209 e. The lowest BCUT2D eigenvalue weighted by Gasteiger charge is -2.29. The minimum absolute atomic E-state index is 0.0353. The van der Waals surface area contributed by atoms with E-state index in [4.69, 9.17) is 15.3 Å². The molecule has 1 aromatic carbocycles. The number of halogens is 1. The third-order valence-electron chi connectivity index (χ3n) is 7.33. The fourth-order valence-corrected chi connectivity index (χ4v) is 4.93. The summed E-state index contributed by atoms with van der Waals surface area (Å²) >= 11 is 0. The van der Waals surface area contributed by atoms with Gasteiger partial charge in [-0.15, -0.1) is 0 Å². The maximum Gasteiger partial charge on any atom is 0.209 e. The lowest BCUT2D eigenvalue weighted by atomic mass is 9.76. The maximum atomic E-state index is 14.3. The van der Waals surface area contributed by atoms with Crippen LogP contribution in [0.1, 0.15) is 58.4 Å². The zero-order valence-electron chi connectivity index (χ0n) is 25.3. The molecule has 1 amide bonds. The van der Waals surface area contributed by atoms with Gasteiger partial charge in [0.1, 0.15) is 12.4 Å². The number of nitrogens with zero attached hydrogens (tertiary/aromatic N) is 5. The van der Waals surface area contributed by atoms with E-state index in [0.717, 1.165) is 47.4 Å². The molecule has 1 saturated carbocycles. The number of nitrogens with two attached hydrogens (primary N) is 1. The van der Waals surface area contributed by atoms with Gasteiger partial charge in [-0.1, -0.05) is 17.3 Å². The van der Waals surface area contributed by atoms with Gasteiger partial charge in [0, 0.05) is 67.5 Å². The highest BCUT2D eigenvalue weighted by Crippen LogP contribution is 2.39. The van der Waals surface area contributed by atoms with E-state index in [1.807, 2.05) is 45.9 Å². The summed E-state index contributed by atoms with van der Waals surface area (Å²) in [5.41, 5.74) is 11.4. The Bertz CT molecular complexity index is 1300. The van der Waals surface area contributed by atoms with E-state index in [9.17, 15) is 9.18 Å². The SMILES string of the molecule is C=N/C(C)=C1C(=N/CN)\CC(c2ccc(F)cc2-c2cccnc2)CC\1=N/OCC1CCN(C=O)C1.COC(C)(C)C. The van der Waals surface area contributed by atoms with Crippen molar-refractivity contribution in [3.8, 4) is 11.1 Å². The summed E-state index contributed by atoms with van der Waals surface area (Å²) in [5, 5.41) is 4.53. The lowest BCUT2D eigenvalue weighted by molar-refractivity contribution is -0.117. The monoisotopic (exact) mass is 578 g/mol. The van der Waals surface area contributed by atoms with Crippen molar-refractivity contribution in [1.29, 1.82) is 0 Å². The number of methoxy groups -OCH3 is 1. The molecule has 1 aliphatic carbocycles. The highest BCUT2D eigenvalue weighted by Gasteiger charge is 2.32. The predicted molar refractivity (Wildman–Crippen MR) is 166 cm³/mol. The standard InChI is InChI=1S/C27H31FN6O2.C5H12O/c1-18(30-2)27-25(32-16-29)10-21(11-26(27)33-36-15-19-7-9-34(14-19)17-35)23-6-5-22(28)12-24(23)20-4-3-8-31-13-20;1-5(2,3)6-4/h3-6,8,12-13,17,19,21H,2,7,9-11,14-16,29H2,1H3;1-4H3/b27-18+,32-25-,33-26+;. The Kier molecular flexibility index (Phi) is 12.1. The van der Waals surface area contributed by atoms with Crippen LogP contribution in [0, 0.1) is 11.7 Å². The molecule has 2 aliphatic rings. The average molecular weight is 579 g/mol. The highest BCUT2D eigenvalue weighted by molar-refractivity contribution is 6.27. The number of likely N-dealkylation sites (tertiary alicyclic amines) is 1. The second kappa shape index (κ2) is 15.5. The lowest BCUT2D eigenvalue weighted by Crippen LogP contribution is -2.28. The van der Waals surface area contributed by atoms with E-state index in [1.54, 1.807) is 30.5 Å². The first-order chi connectivity index (χ1) is 20.1. The van der Waals surface area contributed by atoms with E-state index in [1.165, 1.54) is 6.07 Å². The number of benzene rings is 1. The zero-order chi connectivity index (χ0) is 30.7. The maximum absolute atomic E-state index is 14.3. The van der Waals surface area contributed by atoms with Crippen molar-refractivity contribution in [2.45, 2.75) is 58.5 Å². The number of ether oxygens (including phenoxy) is 1. The number of hydrogen-bond donors (Lipinski definition) is 1. The fourth-order valence-electron chi connectivity index (χ4n) is 4.93. The quantitative estimate of drug-likeness (QED) is 0.257. The van der Waals surface area contributed by atoms with Crippen LogP contribution in [-0.4, -0.2) is 73.5 Å². The Morgan fingerprint density at radius 1 is 1.26 bits per heavy atom. The molecule has 1 aliphatic heterocycles. The van der Waals surface area contributed by atoms with Gasteiger partial charge in [-0.05, 0) is 82.5 Å². The summed E-state index contributed by atoms with van der Waals surface area (Å²) in [7, 11) is 1.71. The highest BCUT2D eigenvalue weighted by atomic mass is 19.1. The van der Waals surface area contributed by atoms with Crippen LogP contribution in [-0.2, 0) is 14.4 Å². The number of aliphatic imine (C=N–C) groups is 2. The molecule has 2 unspecified atom stereocenters. The summed E-state index contributed by atoms with van der Waals surface area (Å²) in [6.45, 7) is 13.5. The van der Waals surface area contributed by atoms with Gasteiger partial charge in [0.05, 0.1) is 18.0 Å². The topological polar surface area (TPSA) is 115 Å². The van der Waals surface area contributed by atoms with Crippen molar-refractivity contribution in [1.82, 2.24) is 9.88 Å². The normalized spacial score (nSPS) is 22.0. The van der Waals surface area contributed by atoms with E-state index in [0.29, 0.717) is 37.4 Å². The number of aromatic nitrogens is 1. The Hall–Kier alpha value is -3.76. The van der Waals surface area contributed by atoms with Gasteiger partial charge in [-0.25, -0.2) is 4.39 Å². The minimum atomic E-state index is -0.310. The number of pyridine rings is 1. The molecular weight excluding hydrogens is 535 g/mol. The van der Waals surface area contributed by atoms with Crippen molar-refractivity contribution in [2.24, 2.45) is 26.8 Å². The van der Waals surface area contributed by atoms with Crippen LogP contribution >= 0.6 is 0 Å². The molecule has 42 heavy (non-hydrogen) atoms. The first-order valence-electron chi connectivity index (χ1n) is 14.1. The molecule has 9 nitrogen and oxygen atoms in total. The molecular formula is C32H43FN6O3. The molecule has 226 valence electrons. The summed E-state index contributed by atoms with van der Waals surface area (Å²) in [4.78, 5) is 31.5. The fraction of sp³-hybridized carbons (Fsp3) is 0.469. The van der Waals surface area contributed by atoms with Gasteiger partial charge >= 0.3 is 0 Å². The van der Waals surface area contributed by atoms with Gasteiger partial charge < -0.3 is 20.2 Å². The number of oxime groups is 1. The Balaban J connectivity index is 0.000000730. The predicted octanol–water partition coefficient (Wildman–Crippen LogP) is 5.38. The van der Waals surface area contributed by atoms with E-state index in [-0.39, 0.29) is 29.9 Å². The summed E-state index contributed by atoms with van der Waals surface area (Å²) < 4.78 is 19.2. The second-order valence-electron chi connectivity index (χ2n) is 11.4. The van der Waals surface area contributed by atoms with Crippen LogP contribution < -0.4 is 5.73 Å². The molecule has 1 aromatic heterocycles. The number of allylic oxidation sites excluding steroid dienone is 2. The van der Waals surface area contributed by atoms with Crippen LogP contribution in [0.25, 0.3) is 11.1 Å². The van der Waals surface area contributed by atoms with Crippen molar-refractivity contribution in [3.63, 3.8) is 0 Å². The van der Waals surface area contributed by atoms with E-state index >= 15 is 0 Å². The Morgan fingerprint density at radius 2 is 2.00 bits per heavy atom. The van der Waals surface area contributed by atoms with E-state index < -0.39 is 0 Å². The first-order valence-corrected chi connectivity index (χ1v) is 14.1. The van der Waals surface area contributed by atoms with Crippen molar-refractivity contribution in [3.05, 3.63) is 65.4 Å². The zero-order valence-corrected chi connectivity index (χ0v) is 25.3. The van der Waals surface area contributed by atoms with Gasteiger partial charge in [-0.2, -0.15) is 0 Å². The van der Waals surface area contributed by atoms with Crippen molar-refractivity contribution < 1.29 is 18.8 Å². The van der Waals surface area contributed by atoms with Crippen LogP contribution in [0.4, 0.5) is 4.39 Å². The average Bonchev–Trinajstić information content (AvgIpc) is 3.45. The molecule has 4 rings (SSSR count). The van der Waals surface area contributed by atoms with Crippen LogP contribution in [0.2, 0.25) is 0 Å². The molecule has 10 heteroatoms. The van der Waals surface area contributed by atoms with Gasteiger partial charge in [0.2, 0.25) is 6.41 Å². The molecule has 2 fully saturated rings. The molecule has 2 heterocycles. The molecule has 0 spiro atoms. The Morgan fingerprint density at radius 3 is 2.60 bits per heavy atom. The third kappa shape index (κ3) is 9.12. The molecule has 2 atom stereocenters. The molecule has 2 N–H and O–H groups in total. The van der Waals surface area contributed by atoms with E-state index in [2.05, 4.69) is 26.8 Å². The number of rotatable bonds is 8. The van der Waals surface area contributed by atoms with Gasteiger partial charge in [-0.3, -0.25) is 19.8 Å². The molecule has 2 aromatic rings. The van der Waals surface area contributed by atoms with Crippen LogP contribution in [0.3, 0.4) is 0 Å². The number of carbonyl (C=O) groups is 1. The summed E-state index contributed by atoms with van der Waals surface area (Å²) in [6, 6.07) is 8.59. The largest absolute Gasteiger partial charge is 0.395 e.